The van der Waals surface area contributed by atoms with Gasteiger partial charge in [-0.15, -0.1) is 0 Å². The Morgan fingerprint density at radius 1 is 1.23 bits per heavy atom. The van der Waals surface area contributed by atoms with Crippen molar-refractivity contribution >= 4 is 49.2 Å². The minimum Gasteiger partial charge on any atom is -0.465 e. The second kappa shape index (κ2) is 6.68. The van der Waals surface area contributed by atoms with E-state index >= 15 is 0 Å². The zero-order valence-electron chi connectivity index (χ0n) is 11.3. The third kappa shape index (κ3) is 3.60. The van der Waals surface area contributed by atoms with E-state index in [1.165, 1.54) is 25.3 Å². The smallest absolute Gasteiger partial charge is 0.337 e. The molecule has 0 atom stereocenters. The fourth-order valence-electron chi connectivity index (χ4n) is 1.70. The molecule has 22 heavy (non-hydrogen) atoms. The summed E-state index contributed by atoms with van der Waals surface area (Å²) in [4.78, 5) is 11.3. The van der Waals surface area contributed by atoms with Gasteiger partial charge in [0.15, 0.2) is 0 Å². The van der Waals surface area contributed by atoms with E-state index in [1.54, 1.807) is 24.3 Å². The summed E-state index contributed by atoms with van der Waals surface area (Å²) < 4.78 is 32.5. The van der Waals surface area contributed by atoms with Crippen molar-refractivity contribution in [3.05, 3.63) is 57.5 Å². The number of halogens is 2. The van der Waals surface area contributed by atoms with Gasteiger partial charge in [0, 0.05) is 4.47 Å². The predicted molar refractivity (Wildman–Crippen MR) is 87.7 cm³/mol. The van der Waals surface area contributed by atoms with Crippen molar-refractivity contribution in [1.82, 2.24) is 0 Å². The molecule has 0 aromatic heterocycles. The molecule has 0 saturated carbocycles. The molecule has 0 heterocycles. The average Bonchev–Trinajstić information content (AvgIpc) is 2.49. The average molecular weight is 405 g/mol. The van der Waals surface area contributed by atoms with Crippen molar-refractivity contribution in [1.29, 1.82) is 0 Å². The van der Waals surface area contributed by atoms with Gasteiger partial charge in [0.05, 0.1) is 23.4 Å². The molecule has 2 aromatic carbocycles. The van der Waals surface area contributed by atoms with Crippen LogP contribution in [0.1, 0.15) is 10.4 Å². The highest BCUT2D eigenvalue weighted by Crippen LogP contribution is 2.28. The lowest BCUT2D eigenvalue weighted by atomic mass is 10.2. The molecule has 2 rings (SSSR count). The van der Waals surface area contributed by atoms with Gasteiger partial charge in [-0.25, -0.2) is 13.2 Å². The van der Waals surface area contributed by atoms with Crippen LogP contribution in [0.15, 0.2) is 51.8 Å². The first-order valence-electron chi connectivity index (χ1n) is 6.00. The topological polar surface area (TPSA) is 72.5 Å². The van der Waals surface area contributed by atoms with E-state index in [9.17, 15) is 13.2 Å². The van der Waals surface area contributed by atoms with Crippen molar-refractivity contribution in [3.63, 3.8) is 0 Å². The first kappa shape index (κ1) is 16.8. The van der Waals surface area contributed by atoms with E-state index in [2.05, 4.69) is 25.4 Å². The molecule has 0 aliphatic rings. The van der Waals surface area contributed by atoms with E-state index in [4.69, 9.17) is 11.6 Å². The highest BCUT2D eigenvalue weighted by molar-refractivity contribution is 9.10. The van der Waals surface area contributed by atoms with Gasteiger partial charge in [-0.1, -0.05) is 23.7 Å². The lowest BCUT2D eigenvalue weighted by Crippen LogP contribution is -2.15. The van der Waals surface area contributed by atoms with Gasteiger partial charge in [0.2, 0.25) is 0 Å². The molecule has 0 unspecified atom stereocenters. The van der Waals surface area contributed by atoms with Crippen molar-refractivity contribution in [3.8, 4) is 0 Å². The van der Waals surface area contributed by atoms with Crippen LogP contribution in [0.4, 0.5) is 5.69 Å². The van der Waals surface area contributed by atoms with E-state index in [0.717, 1.165) is 0 Å². The van der Waals surface area contributed by atoms with Crippen LogP contribution in [0.3, 0.4) is 0 Å². The summed E-state index contributed by atoms with van der Waals surface area (Å²) in [5, 5.41) is 0.00667. The van der Waals surface area contributed by atoms with E-state index < -0.39 is 16.0 Å². The van der Waals surface area contributed by atoms with Crippen LogP contribution in [0.2, 0.25) is 5.02 Å². The highest BCUT2D eigenvalue weighted by atomic mass is 79.9. The van der Waals surface area contributed by atoms with E-state index in [-0.39, 0.29) is 15.5 Å². The second-order valence-electron chi connectivity index (χ2n) is 4.22. The summed E-state index contributed by atoms with van der Waals surface area (Å²) in [5.74, 6) is -0.644. The minimum atomic E-state index is -3.95. The summed E-state index contributed by atoms with van der Waals surface area (Å²) in [7, 11) is -2.74. The van der Waals surface area contributed by atoms with Gasteiger partial charge in [0.1, 0.15) is 4.90 Å². The Bertz CT molecular complexity index is 823. The number of nitrogens with one attached hydrogen (secondary N) is 1. The molecule has 0 fully saturated rings. The molecule has 0 aliphatic carbocycles. The number of sulfonamides is 1. The van der Waals surface area contributed by atoms with E-state index in [1.807, 2.05) is 0 Å². The number of carbonyl (C=O) groups excluding carboxylic acids is 1. The maximum Gasteiger partial charge on any atom is 0.337 e. The third-order valence-corrected chi connectivity index (χ3v) is 5.30. The number of carbonyl (C=O) groups is 1. The monoisotopic (exact) mass is 403 g/mol. The van der Waals surface area contributed by atoms with Gasteiger partial charge in [-0.2, -0.15) is 0 Å². The quantitative estimate of drug-likeness (QED) is 0.789. The van der Waals surface area contributed by atoms with Gasteiger partial charge < -0.3 is 4.74 Å². The summed E-state index contributed by atoms with van der Waals surface area (Å²) >= 11 is 9.21. The Balaban J connectivity index is 2.45. The number of ether oxygens (including phenoxy) is 1. The molecule has 2 aromatic rings. The molecule has 8 heteroatoms. The number of methoxy groups -OCH3 is 1. The van der Waals surface area contributed by atoms with E-state index in [0.29, 0.717) is 10.2 Å². The van der Waals surface area contributed by atoms with Crippen molar-refractivity contribution in [2.24, 2.45) is 0 Å². The van der Waals surface area contributed by atoms with Gasteiger partial charge in [-0.05, 0) is 46.3 Å². The molecule has 0 bridgehead atoms. The minimum absolute atomic E-state index is 0.00667. The van der Waals surface area contributed by atoms with Gasteiger partial charge >= 0.3 is 5.97 Å². The number of benzene rings is 2. The number of para-hydroxylation sites is 1. The molecule has 5 nitrogen and oxygen atoms in total. The van der Waals surface area contributed by atoms with Crippen LogP contribution in [0.5, 0.6) is 0 Å². The Morgan fingerprint density at radius 2 is 1.91 bits per heavy atom. The molecule has 0 amide bonds. The van der Waals surface area contributed by atoms with Gasteiger partial charge in [0.25, 0.3) is 10.0 Å². The molecular weight excluding hydrogens is 394 g/mol. The number of hydrogen-bond donors (Lipinski definition) is 1. The fraction of sp³-hybridized carbons (Fsp3) is 0.0714. The Hall–Kier alpha value is -1.57. The van der Waals surface area contributed by atoms with Crippen molar-refractivity contribution in [2.45, 2.75) is 4.90 Å². The lowest BCUT2D eigenvalue weighted by molar-refractivity contribution is 0.0600. The first-order chi connectivity index (χ1) is 10.3. The summed E-state index contributed by atoms with van der Waals surface area (Å²) in [5.41, 5.74) is 0.460. The molecule has 0 radical (unpaired) electrons. The van der Waals surface area contributed by atoms with Crippen LogP contribution in [0, 0.1) is 0 Å². The Morgan fingerprint density at radius 3 is 2.55 bits per heavy atom. The number of hydrogen-bond acceptors (Lipinski definition) is 4. The van der Waals surface area contributed by atoms with Crippen LogP contribution in [0.25, 0.3) is 0 Å². The molecule has 116 valence electrons. The summed E-state index contributed by atoms with van der Waals surface area (Å²) in [6.45, 7) is 0. The van der Waals surface area contributed by atoms with Crippen LogP contribution >= 0.6 is 27.5 Å². The number of rotatable bonds is 4. The SMILES string of the molecule is COC(=O)c1ccc(Cl)c(S(=O)(=O)Nc2ccccc2Br)c1. The van der Waals surface area contributed by atoms with Gasteiger partial charge in [-0.3, -0.25) is 4.72 Å². The molecule has 0 spiro atoms. The number of esters is 1. The maximum atomic E-state index is 12.5. The lowest BCUT2D eigenvalue weighted by Gasteiger charge is -2.11. The standard InChI is InChI=1S/C14H11BrClNO4S/c1-21-14(18)9-6-7-11(16)13(8-9)22(19,20)17-12-5-3-2-4-10(12)15/h2-8,17H,1H3. The normalized spacial score (nSPS) is 11.0. The zero-order valence-corrected chi connectivity index (χ0v) is 14.5. The molecule has 0 saturated heterocycles. The highest BCUT2D eigenvalue weighted by Gasteiger charge is 2.21. The predicted octanol–water partition coefficient (Wildman–Crippen LogP) is 3.69. The third-order valence-electron chi connectivity index (χ3n) is 2.76. The second-order valence-corrected chi connectivity index (χ2v) is 7.13. The summed E-state index contributed by atoms with van der Waals surface area (Å²) in [6, 6.07) is 10.6. The fourth-order valence-corrected chi connectivity index (χ4v) is 3.82. The molecular formula is C14H11BrClNO4S. The Kier molecular flexibility index (Phi) is 5.10. The van der Waals surface area contributed by atoms with Crippen LogP contribution < -0.4 is 4.72 Å². The maximum absolute atomic E-state index is 12.5. The van der Waals surface area contributed by atoms with Crippen molar-refractivity contribution in [2.75, 3.05) is 11.8 Å². The molecule has 1 N–H and O–H groups in total. The largest absolute Gasteiger partial charge is 0.465 e. The van der Waals surface area contributed by atoms with Crippen molar-refractivity contribution < 1.29 is 17.9 Å². The summed E-state index contributed by atoms with van der Waals surface area (Å²) in [6.07, 6.45) is 0. The van der Waals surface area contributed by atoms with Crippen LogP contribution in [-0.4, -0.2) is 21.5 Å². The first-order valence-corrected chi connectivity index (χ1v) is 8.66. The van der Waals surface area contributed by atoms with Crippen LogP contribution in [-0.2, 0) is 14.8 Å². The number of anilines is 1. The molecule has 0 aliphatic heterocycles. The zero-order chi connectivity index (χ0) is 16.3. The Labute approximate surface area is 141 Å².